The molecule has 6 nitrogen and oxygen atoms in total. The number of rotatable bonds is 5. The van der Waals surface area contributed by atoms with Gasteiger partial charge < -0.3 is 22.1 Å². The van der Waals surface area contributed by atoms with Crippen LogP contribution in [0.25, 0.3) is 0 Å². The Hall–Kier alpha value is -2.24. The lowest BCUT2D eigenvalue weighted by Crippen LogP contribution is -2.37. The number of amides is 2. The summed E-state index contributed by atoms with van der Waals surface area (Å²) in [6.07, 6.45) is 0.852. The van der Waals surface area contributed by atoms with Crippen LogP contribution in [0.15, 0.2) is 18.2 Å². The van der Waals surface area contributed by atoms with Crippen LogP contribution in [0.2, 0.25) is 0 Å². The third-order valence-corrected chi connectivity index (χ3v) is 2.30. The predicted octanol–water partition coefficient (Wildman–Crippen LogP) is 0.107. The fourth-order valence-electron chi connectivity index (χ4n) is 1.37. The Morgan fingerprint density at radius 2 is 1.94 bits per heavy atom. The number of nitrogens with two attached hydrogens (primary N) is 2. The molecule has 6 heteroatoms. The second kappa shape index (κ2) is 6.48. The standard InChI is InChI=1S/C12H18N4O2/c1-2-5-15-11(17)7-16-12(18)9-4-3-8(13)6-10(9)14/h3-4,6H,2,5,7,13-14H2,1H3,(H,15,17)(H,16,18). The molecule has 1 aromatic rings. The molecule has 0 aliphatic carbocycles. The topological polar surface area (TPSA) is 110 Å². The molecule has 0 spiro atoms. The summed E-state index contributed by atoms with van der Waals surface area (Å²) in [6, 6.07) is 4.62. The molecule has 0 fully saturated rings. The molecule has 0 aromatic heterocycles. The van der Waals surface area contributed by atoms with E-state index in [0.29, 0.717) is 23.5 Å². The SMILES string of the molecule is CCCNC(=O)CNC(=O)c1ccc(N)cc1N. The van der Waals surface area contributed by atoms with Crippen molar-refractivity contribution >= 4 is 23.2 Å². The molecule has 1 rings (SSSR count). The second-order valence-corrected chi connectivity index (χ2v) is 3.88. The van der Waals surface area contributed by atoms with Crippen molar-refractivity contribution in [3.05, 3.63) is 23.8 Å². The molecule has 1 aromatic carbocycles. The monoisotopic (exact) mass is 250 g/mol. The Kier molecular flexibility index (Phi) is 4.98. The fourth-order valence-corrected chi connectivity index (χ4v) is 1.37. The Labute approximate surface area is 106 Å². The average molecular weight is 250 g/mol. The number of nitrogens with one attached hydrogen (secondary N) is 2. The quantitative estimate of drug-likeness (QED) is 0.556. The average Bonchev–Trinajstić information content (AvgIpc) is 2.33. The van der Waals surface area contributed by atoms with E-state index in [0.717, 1.165) is 6.42 Å². The van der Waals surface area contributed by atoms with Gasteiger partial charge in [0.25, 0.3) is 5.91 Å². The largest absolute Gasteiger partial charge is 0.399 e. The van der Waals surface area contributed by atoms with Gasteiger partial charge in [-0.25, -0.2) is 0 Å². The molecule has 0 unspecified atom stereocenters. The van der Waals surface area contributed by atoms with Gasteiger partial charge in [0.05, 0.1) is 12.1 Å². The minimum atomic E-state index is -0.390. The van der Waals surface area contributed by atoms with Crippen molar-refractivity contribution in [2.24, 2.45) is 0 Å². The van der Waals surface area contributed by atoms with Gasteiger partial charge in [0.2, 0.25) is 5.91 Å². The van der Waals surface area contributed by atoms with Crippen LogP contribution in [-0.4, -0.2) is 24.9 Å². The first-order valence-corrected chi connectivity index (χ1v) is 5.74. The number of anilines is 2. The van der Waals surface area contributed by atoms with Gasteiger partial charge in [-0.05, 0) is 24.6 Å². The zero-order valence-corrected chi connectivity index (χ0v) is 10.3. The van der Waals surface area contributed by atoms with E-state index >= 15 is 0 Å². The highest BCUT2D eigenvalue weighted by Gasteiger charge is 2.10. The Bertz CT molecular complexity index is 446. The summed E-state index contributed by atoms with van der Waals surface area (Å²) in [6.45, 7) is 2.48. The highest BCUT2D eigenvalue weighted by molar-refractivity contribution is 6.01. The van der Waals surface area contributed by atoms with Crippen molar-refractivity contribution in [1.82, 2.24) is 10.6 Å². The predicted molar refractivity (Wildman–Crippen MR) is 70.9 cm³/mol. The third-order valence-electron chi connectivity index (χ3n) is 2.30. The molecule has 0 saturated heterocycles. The maximum absolute atomic E-state index is 11.7. The normalized spacial score (nSPS) is 9.83. The summed E-state index contributed by atoms with van der Waals surface area (Å²) >= 11 is 0. The third kappa shape index (κ3) is 3.97. The van der Waals surface area contributed by atoms with Gasteiger partial charge >= 0.3 is 0 Å². The van der Waals surface area contributed by atoms with Crippen LogP contribution in [0.4, 0.5) is 11.4 Å². The van der Waals surface area contributed by atoms with E-state index < -0.39 is 0 Å². The molecule has 0 radical (unpaired) electrons. The number of hydrogen-bond acceptors (Lipinski definition) is 4. The van der Waals surface area contributed by atoms with E-state index in [1.165, 1.54) is 12.1 Å². The van der Waals surface area contributed by atoms with E-state index in [4.69, 9.17) is 11.5 Å². The van der Waals surface area contributed by atoms with E-state index in [2.05, 4.69) is 10.6 Å². The first-order valence-electron chi connectivity index (χ1n) is 5.74. The van der Waals surface area contributed by atoms with Crippen LogP contribution >= 0.6 is 0 Å². The minimum Gasteiger partial charge on any atom is -0.399 e. The first-order chi connectivity index (χ1) is 8.54. The molecule has 0 heterocycles. The van der Waals surface area contributed by atoms with Crippen LogP contribution < -0.4 is 22.1 Å². The molecule has 18 heavy (non-hydrogen) atoms. The molecule has 2 amide bonds. The number of carbonyl (C=O) groups excluding carboxylic acids is 2. The van der Waals surface area contributed by atoms with Crippen molar-refractivity contribution in [3.8, 4) is 0 Å². The zero-order valence-electron chi connectivity index (χ0n) is 10.3. The maximum Gasteiger partial charge on any atom is 0.253 e. The van der Waals surface area contributed by atoms with Gasteiger partial charge in [0, 0.05) is 17.9 Å². The zero-order chi connectivity index (χ0) is 13.5. The van der Waals surface area contributed by atoms with Gasteiger partial charge in [-0.1, -0.05) is 6.92 Å². The second-order valence-electron chi connectivity index (χ2n) is 3.88. The molecule has 0 aliphatic heterocycles. The van der Waals surface area contributed by atoms with Crippen molar-refractivity contribution < 1.29 is 9.59 Å². The number of benzene rings is 1. The van der Waals surface area contributed by atoms with Crippen molar-refractivity contribution in [3.63, 3.8) is 0 Å². The van der Waals surface area contributed by atoms with E-state index in [1.54, 1.807) is 6.07 Å². The Morgan fingerprint density at radius 3 is 2.56 bits per heavy atom. The summed E-state index contributed by atoms with van der Waals surface area (Å²) in [5.74, 6) is -0.613. The minimum absolute atomic E-state index is 0.0668. The summed E-state index contributed by atoms with van der Waals surface area (Å²) in [4.78, 5) is 23.0. The van der Waals surface area contributed by atoms with Gasteiger partial charge in [0.1, 0.15) is 0 Å². The Morgan fingerprint density at radius 1 is 1.22 bits per heavy atom. The van der Waals surface area contributed by atoms with Crippen LogP contribution in [-0.2, 0) is 4.79 Å². The highest BCUT2D eigenvalue weighted by atomic mass is 16.2. The van der Waals surface area contributed by atoms with E-state index in [9.17, 15) is 9.59 Å². The van der Waals surface area contributed by atoms with Crippen LogP contribution in [0.1, 0.15) is 23.7 Å². The number of hydrogen-bond donors (Lipinski definition) is 4. The first kappa shape index (κ1) is 13.8. The summed E-state index contributed by atoms with van der Waals surface area (Å²) < 4.78 is 0. The van der Waals surface area contributed by atoms with Crippen LogP contribution in [0, 0.1) is 0 Å². The maximum atomic E-state index is 11.7. The van der Waals surface area contributed by atoms with Gasteiger partial charge in [-0.15, -0.1) is 0 Å². The molecule has 0 saturated carbocycles. The van der Waals surface area contributed by atoms with Crippen molar-refractivity contribution in [2.45, 2.75) is 13.3 Å². The lowest BCUT2D eigenvalue weighted by molar-refractivity contribution is -0.120. The lowest BCUT2D eigenvalue weighted by atomic mass is 10.1. The summed E-state index contributed by atoms with van der Waals surface area (Å²) in [5, 5.41) is 5.15. The van der Waals surface area contributed by atoms with E-state index in [1.807, 2.05) is 6.92 Å². The van der Waals surface area contributed by atoms with E-state index in [-0.39, 0.29) is 18.4 Å². The lowest BCUT2D eigenvalue weighted by Gasteiger charge is -2.08. The van der Waals surface area contributed by atoms with Crippen LogP contribution in [0.3, 0.4) is 0 Å². The van der Waals surface area contributed by atoms with Gasteiger partial charge in [-0.3, -0.25) is 9.59 Å². The molecular formula is C12H18N4O2. The summed E-state index contributed by atoms with van der Waals surface area (Å²) in [7, 11) is 0. The molecule has 0 bridgehead atoms. The smallest absolute Gasteiger partial charge is 0.253 e. The van der Waals surface area contributed by atoms with Crippen molar-refractivity contribution in [1.29, 1.82) is 0 Å². The fraction of sp³-hybridized carbons (Fsp3) is 0.333. The Balaban J connectivity index is 2.53. The molecule has 0 aliphatic rings. The highest BCUT2D eigenvalue weighted by Crippen LogP contribution is 2.15. The number of nitrogen functional groups attached to an aromatic ring is 2. The molecular weight excluding hydrogens is 232 g/mol. The molecule has 0 atom stereocenters. The van der Waals surface area contributed by atoms with Crippen LogP contribution in [0.5, 0.6) is 0 Å². The summed E-state index contributed by atoms with van der Waals surface area (Å²) in [5.41, 5.74) is 12.3. The van der Waals surface area contributed by atoms with Gasteiger partial charge in [-0.2, -0.15) is 0 Å². The van der Waals surface area contributed by atoms with Crippen molar-refractivity contribution in [2.75, 3.05) is 24.6 Å². The van der Waals surface area contributed by atoms with Gasteiger partial charge in [0.15, 0.2) is 0 Å². The molecule has 98 valence electrons. The number of carbonyl (C=O) groups is 2. The molecule has 6 N–H and O–H groups in total.